The lowest BCUT2D eigenvalue weighted by atomic mass is 9.99. The van der Waals surface area contributed by atoms with Crippen LogP contribution in [0.5, 0.6) is 0 Å². The molecule has 5 rings (SSSR count). The molecular weight excluding hydrogens is 418 g/mol. The third-order valence-corrected chi connectivity index (χ3v) is 9.78. The van der Waals surface area contributed by atoms with Crippen LogP contribution < -0.4 is 5.32 Å². The summed E-state index contributed by atoms with van der Waals surface area (Å²) in [5, 5.41) is 7.01. The van der Waals surface area contributed by atoms with Crippen molar-refractivity contribution in [2.24, 2.45) is 0 Å². The van der Waals surface area contributed by atoms with Crippen LogP contribution in [0.3, 0.4) is 0 Å². The minimum Gasteiger partial charge on any atom is -0.360 e. The van der Waals surface area contributed by atoms with E-state index in [1.165, 1.54) is 0 Å². The number of nitrogens with zero attached hydrogens (tertiary/aromatic N) is 4. The van der Waals surface area contributed by atoms with Gasteiger partial charge in [-0.25, -0.2) is 0 Å². The maximum atomic E-state index is 13.6. The van der Waals surface area contributed by atoms with Crippen molar-refractivity contribution in [2.75, 3.05) is 20.1 Å². The largest absolute Gasteiger partial charge is 0.360 e. The molecule has 1 aromatic heterocycles. The van der Waals surface area contributed by atoms with Gasteiger partial charge in [0, 0.05) is 55.3 Å². The Hall–Kier alpha value is -1.49. The van der Waals surface area contributed by atoms with Crippen LogP contribution in [0.15, 0.2) is 10.6 Å². The average molecular weight is 452 g/mol. The zero-order valence-electron chi connectivity index (χ0n) is 18.5. The number of hydrogen-bond acceptors (Lipinski definition) is 6. The van der Waals surface area contributed by atoms with Gasteiger partial charge in [0.25, 0.3) is 16.1 Å². The quantitative estimate of drug-likeness (QED) is 0.729. The van der Waals surface area contributed by atoms with Crippen molar-refractivity contribution in [1.82, 2.24) is 24.0 Å². The molecule has 0 spiro atoms. The molecule has 3 unspecified atom stereocenters. The zero-order chi connectivity index (χ0) is 21.9. The van der Waals surface area contributed by atoms with Gasteiger partial charge in [0.2, 0.25) is 0 Å². The molecule has 4 heterocycles. The second kappa shape index (κ2) is 7.83. The summed E-state index contributed by atoms with van der Waals surface area (Å²) in [7, 11) is -1.48. The molecular formula is C21H33N5O4S. The first-order valence-electron chi connectivity index (χ1n) is 11.5. The smallest absolute Gasteiger partial charge is 0.282 e. The van der Waals surface area contributed by atoms with Crippen LogP contribution >= 0.6 is 0 Å². The number of likely N-dealkylation sites (N-methyl/N-ethyl adjacent to an activating group) is 1. The van der Waals surface area contributed by atoms with E-state index in [1.807, 2.05) is 14.0 Å². The Kier molecular flexibility index (Phi) is 5.39. The van der Waals surface area contributed by atoms with Crippen LogP contribution in [0.2, 0.25) is 0 Å². The number of carbonyl (C=O) groups is 1. The number of aromatic nitrogens is 1. The van der Waals surface area contributed by atoms with Gasteiger partial charge in [-0.15, -0.1) is 0 Å². The highest BCUT2D eigenvalue weighted by atomic mass is 32.2. The molecule has 3 aliphatic heterocycles. The van der Waals surface area contributed by atoms with Crippen molar-refractivity contribution < 1.29 is 17.7 Å². The Morgan fingerprint density at radius 2 is 1.77 bits per heavy atom. The molecule has 0 radical (unpaired) electrons. The summed E-state index contributed by atoms with van der Waals surface area (Å²) >= 11 is 0. The van der Waals surface area contributed by atoms with Gasteiger partial charge in [-0.1, -0.05) is 5.16 Å². The molecule has 4 fully saturated rings. The molecule has 1 amide bonds. The first-order valence-corrected chi connectivity index (χ1v) is 12.9. The van der Waals surface area contributed by atoms with Crippen LogP contribution in [-0.2, 0) is 10.2 Å². The Morgan fingerprint density at radius 3 is 2.42 bits per heavy atom. The van der Waals surface area contributed by atoms with Crippen molar-refractivity contribution in [3.05, 3.63) is 17.5 Å². The lowest BCUT2D eigenvalue weighted by Gasteiger charge is -2.46. The molecule has 31 heavy (non-hydrogen) atoms. The molecule has 1 saturated carbocycles. The predicted octanol–water partition coefficient (Wildman–Crippen LogP) is 1.55. The summed E-state index contributed by atoms with van der Waals surface area (Å²) in [6, 6.07) is 1.74. The minimum absolute atomic E-state index is 0.0404. The summed E-state index contributed by atoms with van der Waals surface area (Å²) in [6.07, 6.45) is 5.18. The van der Waals surface area contributed by atoms with Gasteiger partial charge in [-0.05, 0) is 59.4 Å². The number of nitrogens with one attached hydrogen (secondary N) is 1. The van der Waals surface area contributed by atoms with Crippen LogP contribution in [0, 0.1) is 0 Å². The van der Waals surface area contributed by atoms with E-state index in [2.05, 4.69) is 22.3 Å². The normalized spacial score (nSPS) is 35.4. The molecule has 3 saturated heterocycles. The van der Waals surface area contributed by atoms with Crippen molar-refractivity contribution in [1.29, 1.82) is 0 Å². The summed E-state index contributed by atoms with van der Waals surface area (Å²) in [4.78, 5) is 14.9. The van der Waals surface area contributed by atoms with Crippen molar-refractivity contribution in [3.8, 4) is 0 Å². The third-order valence-electron chi connectivity index (χ3n) is 7.55. The lowest BCUT2D eigenvalue weighted by Crippen LogP contribution is -2.62. The number of fused-ring (bicyclic) bond motifs is 2. The molecule has 5 atom stereocenters. The number of hydrogen-bond donors (Lipinski definition) is 1. The Labute approximate surface area is 184 Å². The van der Waals surface area contributed by atoms with Crippen molar-refractivity contribution in [2.45, 2.75) is 88.5 Å². The van der Waals surface area contributed by atoms with Crippen molar-refractivity contribution in [3.63, 3.8) is 0 Å². The van der Waals surface area contributed by atoms with Crippen molar-refractivity contribution >= 4 is 16.1 Å². The Bertz CT molecular complexity index is 931. The van der Waals surface area contributed by atoms with E-state index >= 15 is 0 Å². The Balaban J connectivity index is 1.25. The van der Waals surface area contributed by atoms with Gasteiger partial charge in [-0.2, -0.15) is 17.0 Å². The molecule has 9 nitrogen and oxygen atoms in total. The highest BCUT2D eigenvalue weighted by molar-refractivity contribution is 7.86. The van der Waals surface area contributed by atoms with Crippen LogP contribution in [0.25, 0.3) is 0 Å². The second-order valence-corrected chi connectivity index (χ2v) is 11.7. The minimum atomic E-state index is -3.53. The topological polar surface area (TPSA) is 99.0 Å². The fourth-order valence-electron chi connectivity index (χ4n) is 5.55. The maximum Gasteiger partial charge on any atom is 0.282 e. The highest BCUT2D eigenvalue weighted by Crippen LogP contribution is 2.41. The van der Waals surface area contributed by atoms with E-state index in [9.17, 15) is 13.2 Å². The molecule has 10 heteroatoms. The van der Waals surface area contributed by atoms with Gasteiger partial charge in [-0.3, -0.25) is 4.79 Å². The standard InChI is InChI=1S/C21H33N5O4S/c1-13-12-25(14(2)11-24(13)3)31(28,29)26-17-6-7-18(26)9-16(8-17)22-21(27)19-10-20(30-23-19)15-4-5-15/h10,13-18H,4-9,11-12H2,1-3H3,(H,22,27)/t13?,14?,16?,17-,18+. The maximum absolute atomic E-state index is 13.6. The molecule has 0 aromatic carbocycles. The van der Waals surface area contributed by atoms with Gasteiger partial charge in [0.05, 0.1) is 0 Å². The molecule has 1 aliphatic carbocycles. The predicted molar refractivity (Wildman–Crippen MR) is 115 cm³/mol. The molecule has 2 bridgehead atoms. The average Bonchev–Trinajstić information content (AvgIpc) is 3.36. The number of rotatable bonds is 5. The van der Waals surface area contributed by atoms with E-state index in [1.54, 1.807) is 14.7 Å². The van der Waals surface area contributed by atoms with E-state index < -0.39 is 10.2 Å². The van der Waals surface area contributed by atoms with E-state index in [4.69, 9.17) is 4.52 Å². The summed E-state index contributed by atoms with van der Waals surface area (Å²) in [5.74, 6) is 0.984. The number of piperidine rings is 1. The van der Waals surface area contributed by atoms with E-state index in [0.717, 1.165) is 38.0 Å². The first kappa shape index (κ1) is 21.4. The molecule has 172 valence electrons. The van der Waals surface area contributed by atoms with E-state index in [0.29, 0.717) is 31.0 Å². The Morgan fingerprint density at radius 1 is 1.10 bits per heavy atom. The van der Waals surface area contributed by atoms with Crippen LogP contribution in [0.1, 0.15) is 74.5 Å². The first-order chi connectivity index (χ1) is 14.7. The number of piperazine rings is 1. The van der Waals surface area contributed by atoms with Crippen LogP contribution in [0.4, 0.5) is 0 Å². The highest BCUT2D eigenvalue weighted by Gasteiger charge is 2.50. The summed E-state index contributed by atoms with van der Waals surface area (Å²) in [6.45, 7) is 5.32. The molecule has 4 aliphatic rings. The van der Waals surface area contributed by atoms with Gasteiger partial charge in [0.15, 0.2) is 5.69 Å². The monoisotopic (exact) mass is 451 g/mol. The SMILES string of the molecule is CC1CN(S(=O)(=O)N2[C@@H]3CC[C@H]2CC(NC(=O)c2cc(C4CC4)on2)C3)C(C)CN1C. The molecule has 1 aromatic rings. The van der Waals surface area contributed by atoms with E-state index in [-0.39, 0.29) is 36.1 Å². The molecule has 1 N–H and O–H groups in total. The number of amides is 1. The third kappa shape index (κ3) is 3.92. The van der Waals surface area contributed by atoms with Gasteiger partial charge >= 0.3 is 0 Å². The summed E-state index contributed by atoms with van der Waals surface area (Å²) < 4.78 is 36.0. The fourth-order valence-corrected chi connectivity index (χ4v) is 7.86. The number of carbonyl (C=O) groups excluding carboxylic acids is 1. The zero-order valence-corrected chi connectivity index (χ0v) is 19.3. The second-order valence-electron chi connectivity index (χ2n) is 9.96. The lowest BCUT2D eigenvalue weighted by molar-refractivity contribution is 0.0883. The van der Waals surface area contributed by atoms with Crippen LogP contribution in [-0.4, -0.2) is 83.3 Å². The fraction of sp³-hybridized carbons (Fsp3) is 0.810. The van der Waals surface area contributed by atoms with Gasteiger partial charge < -0.3 is 14.7 Å². The van der Waals surface area contributed by atoms with Gasteiger partial charge in [0.1, 0.15) is 5.76 Å². The summed E-state index contributed by atoms with van der Waals surface area (Å²) in [5.41, 5.74) is 0.324.